The van der Waals surface area contributed by atoms with E-state index in [0.717, 1.165) is 23.3 Å². The van der Waals surface area contributed by atoms with Crippen molar-refractivity contribution in [1.82, 2.24) is 4.98 Å². The van der Waals surface area contributed by atoms with Gasteiger partial charge >= 0.3 is 0 Å². The van der Waals surface area contributed by atoms with E-state index >= 15 is 0 Å². The molecule has 0 atom stereocenters. The van der Waals surface area contributed by atoms with E-state index in [1.807, 2.05) is 18.2 Å². The first kappa shape index (κ1) is 17.7. The van der Waals surface area contributed by atoms with Gasteiger partial charge in [-0.2, -0.15) is 0 Å². The minimum atomic E-state index is -0.893. The van der Waals surface area contributed by atoms with Crippen molar-refractivity contribution in [1.29, 1.82) is 0 Å². The molecule has 0 unspecified atom stereocenters. The molecule has 0 aliphatic carbocycles. The van der Waals surface area contributed by atoms with Crippen LogP contribution in [-0.2, 0) is 0 Å². The van der Waals surface area contributed by atoms with Gasteiger partial charge in [-0.1, -0.05) is 32.0 Å². The van der Waals surface area contributed by atoms with E-state index in [-0.39, 0.29) is 0 Å². The lowest BCUT2D eigenvalue weighted by atomic mass is 9.94. The highest BCUT2D eigenvalue weighted by Gasteiger charge is 2.17. The summed E-state index contributed by atoms with van der Waals surface area (Å²) >= 11 is 0. The Morgan fingerprint density at radius 2 is 1.65 bits per heavy atom. The number of benzene rings is 2. The highest BCUT2D eigenvalue weighted by Crippen LogP contribution is 2.29. The van der Waals surface area contributed by atoms with Gasteiger partial charge in [0.1, 0.15) is 17.2 Å². The molecule has 0 spiro atoms. The van der Waals surface area contributed by atoms with Crippen molar-refractivity contribution < 1.29 is 13.6 Å². The zero-order chi connectivity index (χ0) is 18.7. The number of carbonyl (C=O) groups is 1. The second kappa shape index (κ2) is 7.44. The molecule has 1 aromatic heterocycles. The predicted octanol–water partition coefficient (Wildman–Crippen LogP) is 5.40. The van der Waals surface area contributed by atoms with Crippen molar-refractivity contribution in [2.45, 2.75) is 19.8 Å². The third-order valence-electron chi connectivity index (χ3n) is 4.12. The summed E-state index contributed by atoms with van der Waals surface area (Å²) in [5, 5.41) is 2.52. The number of nitrogens with zero attached hydrogens (tertiary/aromatic N) is 1. The fraction of sp³-hybridized carbons (Fsp3) is 0.143. The third kappa shape index (κ3) is 3.61. The fourth-order valence-electron chi connectivity index (χ4n) is 2.79. The van der Waals surface area contributed by atoms with Crippen LogP contribution in [0.2, 0.25) is 0 Å². The van der Waals surface area contributed by atoms with E-state index in [4.69, 9.17) is 0 Å². The lowest BCUT2D eigenvalue weighted by Crippen LogP contribution is -2.15. The molecule has 0 fully saturated rings. The Morgan fingerprint density at radius 1 is 1.00 bits per heavy atom. The van der Waals surface area contributed by atoms with Crippen LogP contribution in [-0.4, -0.2) is 10.9 Å². The number of aromatic nitrogens is 1. The first-order valence-corrected chi connectivity index (χ1v) is 8.27. The number of halogens is 2. The van der Waals surface area contributed by atoms with Gasteiger partial charge in [0.15, 0.2) is 0 Å². The van der Waals surface area contributed by atoms with E-state index in [1.54, 1.807) is 24.5 Å². The van der Waals surface area contributed by atoms with Crippen LogP contribution in [0.3, 0.4) is 0 Å². The maximum Gasteiger partial charge on any atom is 0.261 e. The van der Waals surface area contributed by atoms with Crippen molar-refractivity contribution in [3.8, 4) is 11.1 Å². The molecule has 0 radical (unpaired) electrons. The zero-order valence-electron chi connectivity index (χ0n) is 14.5. The summed E-state index contributed by atoms with van der Waals surface area (Å²) in [5.41, 5.74) is 3.00. The normalized spacial score (nSPS) is 10.8. The van der Waals surface area contributed by atoms with Gasteiger partial charge in [-0.05, 0) is 47.4 Å². The van der Waals surface area contributed by atoms with E-state index in [1.165, 1.54) is 11.6 Å². The highest BCUT2D eigenvalue weighted by molar-refractivity contribution is 6.04. The predicted molar refractivity (Wildman–Crippen MR) is 98.1 cm³/mol. The SMILES string of the molecule is CC(C)c1ccncc1-c1ccc(NC(=O)c2c(F)cccc2F)cc1. The maximum atomic E-state index is 13.7. The van der Waals surface area contributed by atoms with Crippen LogP contribution in [0.1, 0.15) is 35.7 Å². The Bertz CT molecular complexity index is 917. The smallest absolute Gasteiger partial charge is 0.261 e. The quantitative estimate of drug-likeness (QED) is 0.683. The van der Waals surface area contributed by atoms with Gasteiger partial charge in [0.2, 0.25) is 0 Å². The van der Waals surface area contributed by atoms with E-state index in [2.05, 4.69) is 24.1 Å². The summed E-state index contributed by atoms with van der Waals surface area (Å²) < 4.78 is 27.4. The second-order valence-electron chi connectivity index (χ2n) is 6.25. The van der Waals surface area contributed by atoms with Gasteiger partial charge < -0.3 is 5.32 Å². The van der Waals surface area contributed by atoms with Gasteiger partial charge in [0, 0.05) is 23.6 Å². The average molecular weight is 352 g/mol. The number of nitrogens with one attached hydrogen (secondary N) is 1. The van der Waals surface area contributed by atoms with Crippen LogP contribution < -0.4 is 5.32 Å². The Kier molecular flexibility index (Phi) is 5.07. The van der Waals surface area contributed by atoms with Crippen molar-refractivity contribution in [2.75, 3.05) is 5.32 Å². The summed E-state index contributed by atoms with van der Waals surface area (Å²) in [6.07, 6.45) is 3.56. The number of anilines is 1. The van der Waals surface area contributed by atoms with Crippen LogP contribution in [0.5, 0.6) is 0 Å². The molecule has 3 nitrogen and oxygen atoms in total. The lowest BCUT2D eigenvalue weighted by molar-refractivity contribution is 0.101. The number of rotatable bonds is 4. The Hall–Kier alpha value is -3.08. The van der Waals surface area contributed by atoms with Crippen LogP contribution >= 0.6 is 0 Å². The molecular weight excluding hydrogens is 334 g/mol. The minimum Gasteiger partial charge on any atom is -0.322 e. The first-order valence-electron chi connectivity index (χ1n) is 8.27. The first-order chi connectivity index (χ1) is 12.5. The fourth-order valence-corrected chi connectivity index (χ4v) is 2.79. The monoisotopic (exact) mass is 352 g/mol. The number of amides is 1. The molecule has 0 saturated heterocycles. The van der Waals surface area contributed by atoms with Gasteiger partial charge in [-0.3, -0.25) is 9.78 Å². The number of pyridine rings is 1. The summed E-state index contributed by atoms with van der Waals surface area (Å²) in [6.45, 7) is 4.22. The molecule has 0 saturated carbocycles. The van der Waals surface area contributed by atoms with Crippen molar-refractivity contribution >= 4 is 11.6 Å². The highest BCUT2D eigenvalue weighted by atomic mass is 19.1. The molecule has 1 amide bonds. The average Bonchev–Trinajstić information content (AvgIpc) is 2.62. The minimum absolute atomic E-state index is 0.344. The Balaban J connectivity index is 1.84. The van der Waals surface area contributed by atoms with Crippen LogP contribution in [0.25, 0.3) is 11.1 Å². The molecule has 2 aromatic carbocycles. The number of carbonyl (C=O) groups excluding carboxylic acids is 1. The Labute approximate surface area is 150 Å². The van der Waals surface area contributed by atoms with Crippen LogP contribution in [0, 0.1) is 11.6 Å². The maximum absolute atomic E-state index is 13.7. The van der Waals surface area contributed by atoms with Gasteiger partial charge in [0.25, 0.3) is 5.91 Å². The van der Waals surface area contributed by atoms with E-state index in [9.17, 15) is 13.6 Å². The topological polar surface area (TPSA) is 42.0 Å². The van der Waals surface area contributed by atoms with Crippen LogP contribution in [0.4, 0.5) is 14.5 Å². The number of hydrogen-bond donors (Lipinski definition) is 1. The van der Waals surface area contributed by atoms with Gasteiger partial charge in [-0.15, -0.1) is 0 Å². The molecule has 3 rings (SSSR count). The standard InChI is InChI=1S/C21H18F2N2O/c1-13(2)16-10-11-24-12-17(16)14-6-8-15(9-7-14)25-21(26)20-18(22)4-3-5-19(20)23/h3-13H,1-2H3,(H,25,26). The van der Waals surface area contributed by atoms with E-state index in [0.29, 0.717) is 11.6 Å². The molecule has 3 aromatic rings. The lowest BCUT2D eigenvalue weighted by Gasteiger charge is -2.13. The molecule has 0 aliphatic rings. The molecule has 5 heteroatoms. The molecule has 0 bridgehead atoms. The molecule has 1 N–H and O–H groups in total. The molecule has 1 heterocycles. The molecular formula is C21H18F2N2O. The summed E-state index contributed by atoms with van der Waals surface area (Å²) in [6, 6.07) is 12.4. The molecule has 0 aliphatic heterocycles. The van der Waals surface area contributed by atoms with Crippen LogP contribution in [0.15, 0.2) is 60.9 Å². The number of hydrogen-bond acceptors (Lipinski definition) is 2. The molecule has 132 valence electrons. The Morgan fingerprint density at radius 3 is 2.27 bits per heavy atom. The second-order valence-corrected chi connectivity index (χ2v) is 6.25. The zero-order valence-corrected chi connectivity index (χ0v) is 14.5. The van der Waals surface area contributed by atoms with Crippen molar-refractivity contribution in [2.24, 2.45) is 0 Å². The van der Waals surface area contributed by atoms with Crippen molar-refractivity contribution in [3.05, 3.63) is 83.7 Å². The third-order valence-corrected chi connectivity index (χ3v) is 4.12. The van der Waals surface area contributed by atoms with Gasteiger partial charge in [0.05, 0.1) is 0 Å². The summed E-state index contributed by atoms with van der Waals surface area (Å²) in [7, 11) is 0. The summed E-state index contributed by atoms with van der Waals surface area (Å²) in [5.74, 6) is -2.26. The summed E-state index contributed by atoms with van der Waals surface area (Å²) in [4.78, 5) is 16.3. The largest absolute Gasteiger partial charge is 0.322 e. The molecule has 26 heavy (non-hydrogen) atoms. The van der Waals surface area contributed by atoms with E-state index < -0.39 is 23.1 Å². The van der Waals surface area contributed by atoms with Crippen molar-refractivity contribution in [3.63, 3.8) is 0 Å². The van der Waals surface area contributed by atoms with Gasteiger partial charge in [-0.25, -0.2) is 8.78 Å².